The number of rotatable bonds is 4. The van der Waals surface area contributed by atoms with Gasteiger partial charge in [-0.25, -0.2) is 4.79 Å². The third-order valence-electron chi connectivity index (χ3n) is 2.51. The average Bonchev–Trinajstić information content (AvgIpc) is 2.83. The van der Waals surface area contributed by atoms with Crippen LogP contribution < -0.4 is 20.1 Å². The van der Waals surface area contributed by atoms with Crippen LogP contribution in [0.4, 0.5) is 16.4 Å². The molecule has 0 spiro atoms. The number of hydrogen-bond donors (Lipinski definition) is 2. The number of urea groups is 1. The van der Waals surface area contributed by atoms with Crippen molar-refractivity contribution in [3.63, 3.8) is 0 Å². The van der Waals surface area contributed by atoms with Crippen LogP contribution in [0.25, 0.3) is 0 Å². The monoisotopic (exact) mass is 277 g/mol. The Hall–Kier alpha value is -2.70. The van der Waals surface area contributed by atoms with E-state index in [9.17, 15) is 4.79 Å². The van der Waals surface area contributed by atoms with E-state index in [2.05, 4.69) is 15.8 Å². The summed E-state index contributed by atoms with van der Waals surface area (Å²) >= 11 is 0. The summed E-state index contributed by atoms with van der Waals surface area (Å²) in [5.74, 6) is 1.39. The molecule has 0 saturated heterocycles. The molecule has 0 fully saturated rings. The maximum atomic E-state index is 11.8. The van der Waals surface area contributed by atoms with Crippen molar-refractivity contribution in [3.8, 4) is 11.5 Å². The van der Waals surface area contributed by atoms with E-state index in [0.717, 1.165) is 0 Å². The van der Waals surface area contributed by atoms with Gasteiger partial charge < -0.3 is 19.3 Å². The third-order valence-corrected chi connectivity index (χ3v) is 2.51. The molecule has 2 amide bonds. The number of methoxy groups -OCH3 is 2. The van der Waals surface area contributed by atoms with E-state index in [1.807, 2.05) is 0 Å². The van der Waals surface area contributed by atoms with E-state index in [4.69, 9.17) is 14.0 Å². The number of nitrogens with one attached hydrogen (secondary N) is 2. The van der Waals surface area contributed by atoms with E-state index in [1.165, 1.54) is 7.11 Å². The molecule has 7 heteroatoms. The van der Waals surface area contributed by atoms with Crippen LogP contribution in [0.2, 0.25) is 0 Å². The van der Waals surface area contributed by atoms with Crippen LogP contribution in [0, 0.1) is 6.92 Å². The molecule has 2 aromatic rings. The Labute approximate surface area is 115 Å². The minimum absolute atomic E-state index is 0.278. The first-order valence-corrected chi connectivity index (χ1v) is 5.85. The SMILES string of the molecule is COc1ccc(NC(=O)Nc2cc(C)no2)cc1OC. The number of amides is 2. The molecule has 0 radical (unpaired) electrons. The van der Waals surface area contributed by atoms with E-state index < -0.39 is 6.03 Å². The predicted molar refractivity (Wildman–Crippen MR) is 73.4 cm³/mol. The first-order chi connectivity index (χ1) is 9.62. The molecule has 106 valence electrons. The highest BCUT2D eigenvalue weighted by Gasteiger charge is 2.09. The van der Waals surface area contributed by atoms with Crippen LogP contribution >= 0.6 is 0 Å². The summed E-state index contributed by atoms with van der Waals surface area (Å²) in [5, 5.41) is 8.85. The van der Waals surface area contributed by atoms with Crippen molar-refractivity contribution >= 4 is 17.6 Å². The zero-order chi connectivity index (χ0) is 14.5. The van der Waals surface area contributed by atoms with E-state index in [-0.39, 0.29) is 5.88 Å². The quantitative estimate of drug-likeness (QED) is 0.897. The molecule has 0 bridgehead atoms. The van der Waals surface area contributed by atoms with Crippen LogP contribution in [-0.2, 0) is 0 Å². The van der Waals surface area contributed by atoms with Gasteiger partial charge in [-0.05, 0) is 19.1 Å². The van der Waals surface area contributed by atoms with Gasteiger partial charge in [0.05, 0.1) is 19.9 Å². The van der Waals surface area contributed by atoms with Gasteiger partial charge in [-0.3, -0.25) is 5.32 Å². The fourth-order valence-electron chi connectivity index (χ4n) is 1.61. The number of aryl methyl sites for hydroxylation is 1. The van der Waals surface area contributed by atoms with Crippen molar-refractivity contribution in [1.29, 1.82) is 0 Å². The molecule has 0 saturated carbocycles. The molecule has 20 heavy (non-hydrogen) atoms. The summed E-state index contributed by atoms with van der Waals surface area (Å²) in [6, 6.07) is 6.24. The van der Waals surface area contributed by atoms with Crippen molar-refractivity contribution in [1.82, 2.24) is 5.16 Å². The number of benzene rings is 1. The minimum atomic E-state index is -0.437. The van der Waals surface area contributed by atoms with Crippen LogP contribution in [0.1, 0.15) is 5.69 Å². The van der Waals surface area contributed by atoms with E-state index in [0.29, 0.717) is 22.9 Å². The highest BCUT2D eigenvalue weighted by molar-refractivity contribution is 5.99. The lowest BCUT2D eigenvalue weighted by Gasteiger charge is -2.10. The van der Waals surface area contributed by atoms with Gasteiger partial charge in [0.25, 0.3) is 0 Å². The fraction of sp³-hybridized carbons (Fsp3) is 0.231. The molecule has 0 aliphatic heterocycles. The lowest BCUT2D eigenvalue weighted by molar-refractivity contribution is 0.261. The number of carbonyl (C=O) groups excluding carboxylic acids is 1. The van der Waals surface area contributed by atoms with E-state index in [1.54, 1.807) is 38.3 Å². The first kappa shape index (κ1) is 13.7. The van der Waals surface area contributed by atoms with Gasteiger partial charge in [-0.2, -0.15) is 0 Å². The van der Waals surface area contributed by atoms with E-state index >= 15 is 0 Å². The number of anilines is 2. The van der Waals surface area contributed by atoms with Gasteiger partial charge in [0.15, 0.2) is 11.5 Å². The Balaban J connectivity index is 2.04. The van der Waals surface area contributed by atoms with Gasteiger partial charge in [0, 0.05) is 17.8 Å². The summed E-state index contributed by atoms with van der Waals surface area (Å²) in [6.45, 7) is 1.76. The van der Waals surface area contributed by atoms with Gasteiger partial charge in [-0.1, -0.05) is 5.16 Å². The summed E-state index contributed by atoms with van der Waals surface area (Å²) in [5.41, 5.74) is 1.25. The molecule has 1 aromatic carbocycles. The number of hydrogen-bond acceptors (Lipinski definition) is 5. The number of nitrogens with zero attached hydrogens (tertiary/aromatic N) is 1. The number of aromatic nitrogens is 1. The second kappa shape index (κ2) is 5.96. The lowest BCUT2D eigenvalue weighted by Crippen LogP contribution is -2.19. The molecular weight excluding hydrogens is 262 g/mol. The smallest absolute Gasteiger partial charge is 0.326 e. The maximum absolute atomic E-state index is 11.8. The molecule has 7 nitrogen and oxygen atoms in total. The molecule has 0 atom stereocenters. The second-order valence-electron chi connectivity index (χ2n) is 3.98. The maximum Gasteiger partial charge on any atom is 0.326 e. The zero-order valence-corrected chi connectivity index (χ0v) is 11.4. The van der Waals surface area contributed by atoms with Crippen LogP contribution in [0.15, 0.2) is 28.8 Å². The first-order valence-electron chi connectivity index (χ1n) is 5.85. The lowest BCUT2D eigenvalue weighted by atomic mass is 10.3. The number of ether oxygens (including phenoxy) is 2. The zero-order valence-electron chi connectivity index (χ0n) is 11.4. The van der Waals surface area contributed by atoms with Crippen LogP contribution in [0.3, 0.4) is 0 Å². The standard InChI is InChI=1S/C13H15N3O4/c1-8-6-12(20-16-8)15-13(17)14-9-4-5-10(18-2)11(7-9)19-3/h4-7H,1-3H3,(H2,14,15,17). The molecule has 2 N–H and O–H groups in total. The third kappa shape index (κ3) is 3.19. The van der Waals surface area contributed by atoms with Crippen molar-refractivity contribution in [2.45, 2.75) is 6.92 Å². The van der Waals surface area contributed by atoms with Crippen molar-refractivity contribution in [2.24, 2.45) is 0 Å². The topological polar surface area (TPSA) is 85.6 Å². The Morgan fingerprint density at radius 3 is 2.50 bits per heavy atom. The fourth-order valence-corrected chi connectivity index (χ4v) is 1.61. The molecule has 1 aromatic heterocycles. The minimum Gasteiger partial charge on any atom is -0.493 e. The molecule has 2 rings (SSSR count). The van der Waals surface area contributed by atoms with Crippen molar-refractivity contribution < 1.29 is 18.8 Å². The van der Waals surface area contributed by atoms with Crippen molar-refractivity contribution in [2.75, 3.05) is 24.9 Å². The average molecular weight is 277 g/mol. The molecule has 0 aliphatic rings. The van der Waals surface area contributed by atoms with Gasteiger partial charge in [0.1, 0.15) is 0 Å². The summed E-state index contributed by atoms with van der Waals surface area (Å²) < 4.78 is 15.2. The summed E-state index contributed by atoms with van der Waals surface area (Å²) in [7, 11) is 3.07. The largest absolute Gasteiger partial charge is 0.493 e. The Kier molecular flexibility index (Phi) is 4.09. The summed E-state index contributed by atoms with van der Waals surface area (Å²) in [4.78, 5) is 11.8. The highest BCUT2D eigenvalue weighted by Crippen LogP contribution is 2.29. The Bertz CT molecular complexity index is 609. The second-order valence-corrected chi connectivity index (χ2v) is 3.98. The highest BCUT2D eigenvalue weighted by atomic mass is 16.5. The molecule has 0 unspecified atom stereocenters. The van der Waals surface area contributed by atoms with Gasteiger partial charge >= 0.3 is 6.03 Å². The number of carbonyl (C=O) groups is 1. The van der Waals surface area contributed by atoms with Gasteiger partial charge in [-0.15, -0.1) is 0 Å². The molecule has 0 aliphatic carbocycles. The molecule has 1 heterocycles. The van der Waals surface area contributed by atoms with Crippen LogP contribution in [0.5, 0.6) is 11.5 Å². The van der Waals surface area contributed by atoms with Gasteiger partial charge in [0.2, 0.25) is 5.88 Å². The molecular formula is C13H15N3O4. The normalized spacial score (nSPS) is 9.95. The van der Waals surface area contributed by atoms with Crippen molar-refractivity contribution in [3.05, 3.63) is 30.0 Å². The van der Waals surface area contributed by atoms with Crippen LogP contribution in [-0.4, -0.2) is 25.4 Å². The Morgan fingerprint density at radius 2 is 1.90 bits per heavy atom. The summed E-state index contributed by atoms with van der Waals surface area (Å²) in [6.07, 6.45) is 0. The Morgan fingerprint density at radius 1 is 1.15 bits per heavy atom. The predicted octanol–water partition coefficient (Wildman–Crippen LogP) is 2.64.